The zero-order valence-corrected chi connectivity index (χ0v) is 16.8. The molecule has 0 amide bonds. The Morgan fingerprint density at radius 1 is 1.23 bits per heavy atom. The van der Waals surface area contributed by atoms with Crippen molar-refractivity contribution in [2.75, 3.05) is 23.3 Å². The Morgan fingerprint density at radius 3 is 2.77 bits per heavy atom. The summed E-state index contributed by atoms with van der Waals surface area (Å²) in [6.45, 7) is 1.25. The van der Waals surface area contributed by atoms with Crippen molar-refractivity contribution in [3.63, 3.8) is 0 Å². The van der Waals surface area contributed by atoms with Gasteiger partial charge in [0.2, 0.25) is 0 Å². The third-order valence-electron chi connectivity index (χ3n) is 5.12. The van der Waals surface area contributed by atoms with Gasteiger partial charge in [0.15, 0.2) is 0 Å². The average Bonchev–Trinajstić information content (AvgIpc) is 2.78. The fourth-order valence-electron chi connectivity index (χ4n) is 3.65. The minimum Gasteiger partial charge on any atom is -0.378 e. The lowest BCUT2D eigenvalue weighted by Gasteiger charge is -2.35. The van der Waals surface area contributed by atoms with Crippen LogP contribution in [0.25, 0.3) is 5.69 Å². The van der Waals surface area contributed by atoms with Crippen molar-refractivity contribution < 1.29 is 4.39 Å². The molecule has 1 aliphatic rings. The van der Waals surface area contributed by atoms with E-state index in [1.54, 1.807) is 24.3 Å². The number of anilines is 2. The topological polar surface area (TPSA) is 74.0 Å². The summed E-state index contributed by atoms with van der Waals surface area (Å²) < 4.78 is 15.7. The highest BCUT2D eigenvalue weighted by atomic mass is 35.5. The van der Waals surface area contributed by atoms with Crippen LogP contribution in [0.5, 0.6) is 0 Å². The molecule has 1 aliphatic heterocycles. The highest BCUT2D eigenvalue weighted by Gasteiger charge is 2.23. The molecule has 1 atom stereocenters. The van der Waals surface area contributed by atoms with Gasteiger partial charge in [-0.2, -0.15) is 15.0 Å². The van der Waals surface area contributed by atoms with Gasteiger partial charge in [0.05, 0.1) is 34.9 Å². The molecule has 2 aromatic carbocycles. The molecule has 1 N–H and O–H groups in total. The Bertz CT molecular complexity index is 1160. The molecule has 6 nitrogen and oxygen atoms in total. The van der Waals surface area contributed by atoms with Crippen molar-refractivity contribution in [2.24, 2.45) is 0 Å². The van der Waals surface area contributed by atoms with Crippen molar-refractivity contribution in [2.45, 2.75) is 18.9 Å². The molecule has 1 saturated heterocycles. The maximum absolute atomic E-state index is 14.4. The molecule has 0 aliphatic carbocycles. The number of para-hydroxylation sites is 1. The largest absolute Gasteiger partial charge is 0.378 e. The Morgan fingerprint density at radius 2 is 2.03 bits per heavy atom. The number of aromatic nitrogens is 2. The molecule has 0 radical (unpaired) electrons. The van der Waals surface area contributed by atoms with Crippen LogP contribution in [0.1, 0.15) is 18.4 Å². The van der Waals surface area contributed by atoms with Crippen LogP contribution in [-0.4, -0.2) is 28.9 Å². The molecule has 152 valence electrons. The lowest BCUT2D eigenvalue weighted by Crippen LogP contribution is -2.42. The number of halogens is 2. The zero-order chi connectivity index (χ0) is 21.1. The minimum atomic E-state index is -0.417. The normalized spacial score (nSPS) is 16.2. The molecule has 1 aromatic heterocycles. The first-order chi connectivity index (χ1) is 14.6. The van der Waals surface area contributed by atoms with Gasteiger partial charge in [-0.15, -0.1) is 0 Å². The second-order valence-corrected chi connectivity index (χ2v) is 7.51. The first kappa shape index (κ1) is 19.9. The summed E-state index contributed by atoms with van der Waals surface area (Å²) in [6.07, 6.45) is 3.24. The predicted octanol–water partition coefficient (Wildman–Crippen LogP) is 3.98. The molecule has 0 spiro atoms. The monoisotopic (exact) mass is 423 g/mol. The van der Waals surface area contributed by atoms with Crippen LogP contribution in [0, 0.1) is 17.1 Å². The quantitative estimate of drug-likeness (QED) is 0.687. The lowest BCUT2D eigenvalue weighted by molar-refractivity contribution is 0.518. The first-order valence-electron chi connectivity index (χ1n) is 9.61. The van der Waals surface area contributed by atoms with Gasteiger partial charge in [0.1, 0.15) is 10.8 Å². The second kappa shape index (κ2) is 8.56. The fraction of sp³-hybridized carbons (Fsp3) is 0.227. The number of rotatable bonds is 4. The highest BCUT2D eigenvalue weighted by molar-refractivity contribution is 6.33. The third kappa shape index (κ3) is 4.00. The zero-order valence-electron chi connectivity index (χ0n) is 16.1. The highest BCUT2D eigenvalue weighted by Crippen LogP contribution is 2.26. The summed E-state index contributed by atoms with van der Waals surface area (Å²) >= 11 is 6.34. The van der Waals surface area contributed by atoms with E-state index in [4.69, 9.17) is 16.9 Å². The van der Waals surface area contributed by atoms with Gasteiger partial charge in [-0.3, -0.25) is 4.79 Å². The van der Waals surface area contributed by atoms with E-state index in [1.807, 2.05) is 29.2 Å². The molecule has 0 bridgehead atoms. The van der Waals surface area contributed by atoms with Crippen molar-refractivity contribution in [3.05, 3.63) is 81.5 Å². The van der Waals surface area contributed by atoms with Crippen LogP contribution in [0.4, 0.5) is 15.8 Å². The number of nitriles is 1. The third-order valence-corrected chi connectivity index (χ3v) is 5.48. The second-order valence-electron chi connectivity index (χ2n) is 7.13. The van der Waals surface area contributed by atoms with E-state index in [0.717, 1.165) is 12.8 Å². The van der Waals surface area contributed by atoms with Crippen LogP contribution >= 0.6 is 11.6 Å². The summed E-state index contributed by atoms with van der Waals surface area (Å²) in [5.41, 5.74) is 1.44. The van der Waals surface area contributed by atoms with Crippen LogP contribution in [-0.2, 0) is 0 Å². The molecule has 8 heteroatoms. The molecule has 1 unspecified atom stereocenters. The van der Waals surface area contributed by atoms with E-state index in [9.17, 15) is 9.18 Å². The SMILES string of the molecule is N#Cc1ccc(N2CCCC(Nc3cnn(-c4ccccc4)c(=O)c3Cl)C2)c(F)c1. The summed E-state index contributed by atoms with van der Waals surface area (Å²) in [6, 6.07) is 15.5. The van der Waals surface area contributed by atoms with Crippen molar-refractivity contribution >= 4 is 23.0 Å². The Hall–Kier alpha value is -3.37. The number of hydrogen-bond donors (Lipinski definition) is 1. The van der Waals surface area contributed by atoms with Crippen LogP contribution in [0.3, 0.4) is 0 Å². The smallest absolute Gasteiger partial charge is 0.292 e. The van der Waals surface area contributed by atoms with Gasteiger partial charge >= 0.3 is 0 Å². The Labute approximate surface area is 178 Å². The van der Waals surface area contributed by atoms with E-state index < -0.39 is 11.4 Å². The molecular weight excluding hydrogens is 405 g/mol. The van der Waals surface area contributed by atoms with Crippen molar-refractivity contribution in [1.29, 1.82) is 5.26 Å². The first-order valence-corrected chi connectivity index (χ1v) is 9.99. The van der Waals surface area contributed by atoms with E-state index in [2.05, 4.69) is 10.4 Å². The van der Waals surface area contributed by atoms with E-state index in [1.165, 1.54) is 16.9 Å². The van der Waals surface area contributed by atoms with E-state index in [-0.39, 0.29) is 11.1 Å². The summed E-state index contributed by atoms with van der Waals surface area (Å²) in [5.74, 6) is -0.417. The van der Waals surface area contributed by atoms with Crippen LogP contribution in [0.2, 0.25) is 5.02 Å². The van der Waals surface area contributed by atoms with Gasteiger partial charge in [0, 0.05) is 19.1 Å². The molecule has 3 aromatic rings. The number of benzene rings is 2. The van der Waals surface area contributed by atoms with Gasteiger partial charge in [-0.1, -0.05) is 29.8 Å². The average molecular weight is 424 g/mol. The standard InChI is InChI=1S/C22H19ClFN5O/c23-21-19(13-26-29(22(21)30)17-6-2-1-3-7-17)27-16-5-4-10-28(14-16)20-9-8-15(12-25)11-18(20)24/h1-3,6-9,11,13,16,27H,4-5,10,14H2. The summed E-state index contributed by atoms with van der Waals surface area (Å²) in [5, 5.41) is 16.5. The van der Waals surface area contributed by atoms with Gasteiger partial charge < -0.3 is 10.2 Å². The lowest BCUT2D eigenvalue weighted by atomic mass is 10.0. The number of nitrogens with zero attached hydrogens (tertiary/aromatic N) is 4. The van der Waals surface area contributed by atoms with Crippen molar-refractivity contribution in [3.8, 4) is 11.8 Å². The maximum Gasteiger partial charge on any atom is 0.292 e. The van der Waals surface area contributed by atoms with Gasteiger partial charge in [-0.25, -0.2) is 4.39 Å². The van der Waals surface area contributed by atoms with Gasteiger partial charge in [-0.05, 0) is 43.2 Å². The minimum absolute atomic E-state index is 0.0277. The number of piperidine rings is 1. The molecule has 0 saturated carbocycles. The fourth-order valence-corrected chi connectivity index (χ4v) is 3.84. The Kier molecular flexibility index (Phi) is 5.68. The predicted molar refractivity (Wildman–Crippen MR) is 115 cm³/mol. The Balaban J connectivity index is 1.53. The number of nitrogens with one attached hydrogen (secondary N) is 1. The summed E-state index contributed by atoms with van der Waals surface area (Å²) in [4.78, 5) is 14.6. The van der Waals surface area contributed by atoms with Crippen LogP contribution in [0.15, 0.2) is 59.5 Å². The molecular formula is C22H19ClFN5O. The molecule has 4 rings (SSSR count). The molecule has 1 fully saturated rings. The molecule has 2 heterocycles. The van der Waals surface area contributed by atoms with Crippen molar-refractivity contribution in [1.82, 2.24) is 9.78 Å². The van der Waals surface area contributed by atoms with E-state index in [0.29, 0.717) is 35.7 Å². The van der Waals surface area contributed by atoms with Crippen LogP contribution < -0.4 is 15.8 Å². The maximum atomic E-state index is 14.4. The van der Waals surface area contributed by atoms with Gasteiger partial charge in [0.25, 0.3) is 5.56 Å². The van der Waals surface area contributed by atoms with E-state index >= 15 is 0 Å². The summed E-state index contributed by atoms with van der Waals surface area (Å²) in [7, 11) is 0. The number of hydrogen-bond acceptors (Lipinski definition) is 5. The molecule has 30 heavy (non-hydrogen) atoms.